The number of aromatic nitrogens is 2. The first-order chi connectivity index (χ1) is 8.70. The Morgan fingerprint density at radius 2 is 2.11 bits per heavy atom. The summed E-state index contributed by atoms with van der Waals surface area (Å²) in [5.74, 6) is 0.283. The van der Waals surface area contributed by atoms with Crippen molar-refractivity contribution in [1.82, 2.24) is 9.97 Å². The number of carbonyl (C=O) groups is 1. The molecule has 1 heterocycles. The van der Waals surface area contributed by atoms with Crippen LogP contribution in [0.15, 0.2) is 36.5 Å². The smallest absolute Gasteiger partial charge is 0.261 e. The summed E-state index contributed by atoms with van der Waals surface area (Å²) < 4.78 is 5.10. The number of methoxy groups -OCH3 is 1. The largest absolute Gasteiger partial charge is 0.496 e. The van der Waals surface area contributed by atoms with Crippen LogP contribution in [0.1, 0.15) is 10.4 Å². The fraction of sp³-hybridized carbons (Fsp3) is 0.0833. The zero-order valence-electron chi connectivity index (χ0n) is 9.55. The fourth-order valence-corrected chi connectivity index (χ4v) is 1.53. The van der Waals surface area contributed by atoms with Crippen LogP contribution in [0, 0.1) is 0 Å². The van der Waals surface area contributed by atoms with Crippen molar-refractivity contribution in [3.8, 4) is 5.75 Å². The Labute approximate surface area is 109 Å². The van der Waals surface area contributed by atoms with Crippen molar-refractivity contribution in [3.63, 3.8) is 0 Å². The number of anilines is 1. The van der Waals surface area contributed by atoms with Crippen LogP contribution >= 0.6 is 11.6 Å². The van der Waals surface area contributed by atoms with Gasteiger partial charge in [0, 0.05) is 6.20 Å². The van der Waals surface area contributed by atoms with Crippen molar-refractivity contribution >= 4 is 23.5 Å². The van der Waals surface area contributed by atoms with E-state index < -0.39 is 0 Å². The van der Waals surface area contributed by atoms with Gasteiger partial charge in [0.15, 0.2) is 0 Å². The first-order valence-electron chi connectivity index (χ1n) is 5.13. The SMILES string of the molecule is COc1ccccc1C(=O)Nc1nccc(Cl)n1. The lowest BCUT2D eigenvalue weighted by molar-refractivity contribution is 0.102. The van der Waals surface area contributed by atoms with Crippen LogP contribution in [0.2, 0.25) is 5.15 Å². The number of halogens is 1. The van der Waals surface area contributed by atoms with Gasteiger partial charge in [-0.25, -0.2) is 9.97 Å². The molecule has 1 N–H and O–H groups in total. The summed E-state index contributed by atoms with van der Waals surface area (Å²) in [5.41, 5.74) is 0.406. The Morgan fingerprint density at radius 3 is 2.83 bits per heavy atom. The van der Waals surface area contributed by atoms with Crippen molar-refractivity contribution < 1.29 is 9.53 Å². The number of hydrogen-bond donors (Lipinski definition) is 1. The topological polar surface area (TPSA) is 64.1 Å². The highest BCUT2D eigenvalue weighted by Crippen LogP contribution is 2.18. The standard InChI is InChI=1S/C12H10ClN3O2/c1-18-9-5-3-2-4-8(9)11(17)16-12-14-7-6-10(13)15-12/h2-7H,1H3,(H,14,15,16,17). The van der Waals surface area contributed by atoms with E-state index in [-0.39, 0.29) is 17.0 Å². The van der Waals surface area contributed by atoms with Gasteiger partial charge < -0.3 is 4.74 Å². The molecule has 0 unspecified atom stereocenters. The molecular formula is C12H10ClN3O2. The fourth-order valence-electron chi connectivity index (χ4n) is 1.40. The van der Waals surface area contributed by atoms with Crippen LogP contribution in [0.25, 0.3) is 0 Å². The Balaban J connectivity index is 2.22. The third kappa shape index (κ3) is 2.75. The Hall–Kier alpha value is -2.14. The minimum absolute atomic E-state index is 0.151. The molecule has 6 heteroatoms. The lowest BCUT2D eigenvalue weighted by Gasteiger charge is -2.07. The molecule has 0 saturated carbocycles. The maximum absolute atomic E-state index is 12.0. The van der Waals surface area contributed by atoms with Crippen molar-refractivity contribution in [2.45, 2.75) is 0 Å². The third-order valence-electron chi connectivity index (χ3n) is 2.20. The van der Waals surface area contributed by atoms with E-state index in [1.165, 1.54) is 19.4 Å². The number of carbonyl (C=O) groups excluding carboxylic acids is 1. The lowest BCUT2D eigenvalue weighted by Crippen LogP contribution is -2.15. The van der Waals surface area contributed by atoms with Crippen LogP contribution in [-0.4, -0.2) is 23.0 Å². The second kappa shape index (κ2) is 5.46. The molecule has 5 nitrogen and oxygen atoms in total. The van der Waals surface area contributed by atoms with E-state index in [0.717, 1.165) is 0 Å². The summed E-state index contributed by atoms with van der Waals surface area (Å²) in [7, 11) is 1.50. The van der Waals surface area contributed by atoms with Crippen LogP contribution in [0.4, 0.5) is 5.95 Å². The third-order valence-corrected chi connectivity index (χ3v) is 2.41. The van der Waals surface area contributed by atoms with Crippen LogP contribution in [0.3, 0.4) is 0 Å². The van der Waals surface area contributed by atoms with Gasteiger partial charge in [0.05, 0.1) is 12.7 Å². The van der Waals surface area contributed by atoms with Gasteiger partial charge in [-0.2, -0.15) is 0 Å². The number of nitrogens with one attached hydrogen (secondary N) is 1. The summed E-state index contributed by atoms with van der Waals surface area (Å²) in [4.78, 5) is 19.8. The monoisotopic (exact) mass is 263 g/mol. The Kier molecular flexibility index (Phi) is 3.74. The number of benzene rings is 1. The van der Waals surface area contributed by atoms with E-state index in [4.69, 9.17) is 16.3 Å². The minimum Gasteiger partial charge on any atom is -0.496 e. The van der Waals surface area contributed by atoms with E-state index in [2.05, 4.69) is 15.3 Å². The summed E-state index contributed by atoms with van der Waals surface area (Å²) in [5, 5.41) is 2.81. The van der Waals surface area contributed by atoms with Crippen LogP contribution in [-0.2, 0) is 0 Å². The average Bonchev–Trinajstić information content (AvgIpc) is 2.38. The van der Waals surface area contributed by atoms with E-state index >= 15 is 0 Å². The Morgan fingerprint density at radius 1 is 1.33 bits per heavy atom. The summed E-state index contributed by atoms with van der Waals surface area (Å²) in [6, 6.07) is 8.41. The molecule has 18 heavy (non-hydrogen) atoms. The number of para-hydroxylation sites is 1. The number of hydrogen-bond acceptors (Lipinski definition) is 4. The normalized spacial score (nSPS) is 9.89. The summed E-state index contributed by atoms with van der Waals surface area (Å²) in [6.45, 7) is 0. The number of rotatable bonds is 3. The molecule has 1 aromatic heterocycles. The average molecular weight is 264 g/mol. The molecule has 2 rings (SSSR count). The molecule has 0 radical (unpaired) electrons. The van der Waals surface area contributed by atoms with Crippen LogP contribution < -0.4 is 10.1 Å². The first kappa shape index (κ1) is 12.3. The van der Waals surface area contributed by atoms with Gasteiger partial charge in [0.1, 0.15) is 10.9 Å². The minimum atomic E-state index is -0.352. The van der Waals surface area contributed by atoms with Gasteiger partial charge in [0.2, 0.25) is 5.95 Å². The second-order valence-corrected chi connectivity index (χ2v) is 3.74. The van der Waals surface area contributed by atoms with Crippen molar-refractivity contribution in [2.75, 3.05) is 12.4 Å². The van der Waals surface area contributed by atoms with Crippen molar-refractivity contribution in [3.05, 3.63) is 47.2 Å². The first-order valence-corrected chi connectivity index (χ1v) is 5.51. The van der Waals surface area contributed by atoms with Crippen molar-refractivity contribution in [1.29, 1.82) is 0 Å². The highest BCUT2D eigenvalue weighted by Gasteiger charge is 2.12. The summed E-state index contributed by atoms with van der Waals surface area (Å²) in [6.07, 6.45) is 1.47. The lowest BCUT2D eigenvalue weighted by atomic mass is 10.2. The number of nitrogens with zero attached hydrogens (tertiary/aromatic N) is 2. The molecule has 0 bridgehead atoms. The van der Waals surface area contributed by atoms with Gasteiger partial charge in [0.25, 0.3) is 5.91 Å². The molecule has 0 saturated heterocycles. The molecule has 0 aliphatic rings. The highest BCUT2D eigenvalue weighted by atomic mass is 35.5. The molecule has 92 valence electrons. The van der Waals surface area contributed by atoms with E-state index in [9.17, 15) is 4.79 Å². The van der Waals surface area contributed by atoms with Crippen molar-refractivity contribution in [2.24, 2.45) is 0 Å². The maximum atomic E-state index is 12.0. The maximum Gasteiger partial charge on any atom is 0.261 e. The highest BCUT2D eigenvalue weighted by molar-refractivity contribution is 6.29. The second-order valence-electron chi connectivity index (χ2n) is 3.36. The van der Waals surface area contributed by atoms with E-state index in [1.54, 1.807) is 24.3 Å². The molecule has 0 aliphatic heterocycles. The predicted octanol–water partition coefficient (Wildman–Crippen LogP) is 2.39. The molecular weight excluding hydrogens is 254 g/mol. The molecule has 1 amide bonds. The number of ether oxygens (including phenoxy) is 1. The van der Waals surface area contributed by atoms with E-state index in [0.29, 0.717) is 11.3 Å². The molecule has 0 aliphatic carbocycles. The van der Waals surface area contributed by atoms with Gasteiger partial charge >= 0.3 is 0 Å². The molecule has 0 spiro atoms. The number of amides is 1. The molecule has 2 aromatic rings. The quantitative estimate of drug-likeness (QED) is 0.864. The van der Waals surface area contributed by atoms with Gasteiger partial charge in [-0.15, -0.1) is 0 Å². The van der Waals surface area contributed by atoms with Gasteiger partial charge in [-0.05, 0) is 18.2 Å². The Bertz CT molecular complexity index is 575. The van der Waals surface area contributed by atoms with Crippen LogP contribution in [0.5, 0.6) is 5.75 Å². The van der Waals surface area contributed by atoms with E-state index in [1.807, 2.05) is 0 Å². The van der Waals surface area contributed by atoms with Gasteiger partial charge in [-0.3, -0.25) is 10.1 Å². The zero-order chi connectivity index (χ0) is 13.0. The van der Waals surface area contributed by atoms with Gasteiger partial charge in [-0.1, -0.05) is 23.7 Å². The predicted molar refractivity (Wildman–Crippen MR) is 68.0 cm³/mol. The zero-order valence-corrected chi connectivity index (χ0v) is 10.3. The molecule has 0 fully saturated rings. The molecule has 0 atom stereocenters. The summed E-state index contributed by atoms with van der Waals surface area (Å²) >= 11 is 5.71. The molecule has 1 aromatic carbocycles.